The van der Waals surface area contributed by atoms with Gasteiger partial charge in [0, 0.05) is 12.1 Å². The smallest absolute Gasteiger partial charge is 0.407 e. The molecular weight excluding hydrogens is 264 g/mol. The number of nitro groups is 1. The van der Waals surface area contributed by atoms with Crippen molar-refractivity contribution in [3.05, 3.63) is 22.5 Å². The lowest BCUT2D eigenvalue weighted by Gasteiger charge is -2.39. The van der Waals surface area contributed by atoms with E-state index >= 15 is 0 Å². The highest BCUT2D eigenvalue weighted by atomic mass is 16.6. The number of amides is 1. The summed E-state index contributed by atoms with van der Waals surface area (Å²) in [7, 11) is 0. The van der Waals surface area contributed by atoms with Gasteiger partial charge in [-0.2, -0.15) is 5.10 Å². The first kappa shape index (κ1) is 15.9. The first-order valence-electron chi connectivity index (χ1n) is 6.15. The zero-order valence-electron chi connectivity index (χ0n) is 12.3. The molecule has 0 unspecified atom stereocenters. The second kappa shape index (κ2) is 5.10. The molecule has 0 saturated heterocycles. The fourth-order valence-electron chi connectivity index (χ4n) is 1.79. The Kier molecular flexibility index (Phi) is 4.07. The number of carboxylic acid groups (broad SMARTS) is 1. The summed E-state index contributed by atoms with van der Waals surface area (Å²) in [5.41, 5.74) is -1.38. The van der Waals surface area contributed by atoms with Crippen molar-refractivity contribution in [1.82, 2.24) is 14.7 Å². The summed E-state index contributed by atoms with van der Waals surface area (Å²) < 4.78 is 1.42. The molecule has 0 aliphatic carbocycles. The van der Waals surface area contributed by atoms with E-state index in [-0.39, 0.29) is 12.2 Å². The third-order valence-corrected chi connectivity index (χ3v) is 2.99. The zero-order valence-corrected chi connectivity index (χ0v) is 12.3. The van der Waals surface area contributed by atoms with Gasteiger partial charge in [0.2, 0.25) is 0 Å². The van der Waals surface area contributed by atoms with Crippen molar-refractivity contribution in [2.45, 2.75) is 45.7 Å². The average molecular weight is 284 g/mol. The Morgan fingerprint density at radius 3 is 2.35 bits per heavy atom. The van der Waals surface area contributed by atoms with Crippen LogP contribution in [0, 0.1) is 10.1 Å². The average Bonchev–Trinajstić information content (AvgIpc) is 2.73. The predicted octanol–water partition coefficient (Wildman–Crippen LogP) is 2.30. The number of nitrogens with zero attached hydrogens (tertiary/aromatic N) is 4. The molecule has 0 aliphatic rings. The van der Waals surface area contributed by atoms with Crippen molar-refractivity contribution in [2.24, 2.45) is 0 Å². The lowest BCUT2D eigenvalue weighted by Crippen LogP contribution is -2.52. The SMILES string of the molecule is CC(C)(C)N(CC(C)(C)n1cc([N+](=O)[O-])cn1)C(=O)O. The second-order valence-electron chi connectivity index (χ2n) is 6.25. The molecule has 20 heavy (non-hydrogen) atoms. The van der Waals surface area contributed by atoms with Gasteiger partial charge in [0.15, 0.2) is 0 Å². The Hall–Kier alpha value is -2.12. The second-order valence-corrected chi connectivity index (χ2v) is 6.25. The summed E-state index contributed by atoms with van der Waals surface area (Å²) in [6.07, 6.45) is 1.43. The number of hydrogen-bond donors (Lipinski definition) is 1. The van der Waals surface area contributed by atoms with Gasteiger partial charge in [-0.1, -0.05) is 0 Å². The Balaban J connectivity index is 3.02. The fraction of sp³-hybridized carbons (Fsp3) is 0.667. The zero-order chi connectivity index (χ0) is 15.7. The van der Waals surface area contributed by atoms with Crippen LogP contribution >= 0.6 is 0 Å². The van der Waals surface area contributed by atoms with Crippen LogP contribution < -0.4 is 0 Å². The summed E-state index contributed by atoms with van der Waals surface area (Å²) in [6, 6.07) is 0. The van der Waals surface area contributed by atoms with E-state index in [1.54, 1.807) is 34.6 Å². The molecule has 0 bridgehead atoms. The van der Waals surface area contributed by atoms with E-state index in [1.165, 1.54) is 15.8 Å². The maximum Gasteiger partial charge on any atom is 0.407 e. The molecule has 1 aromatic rings. The van der Waals surface area contributed by atoms with Gasteiger partial charge in [-0.15, -0.1) is 0 Å². The van der Waals surface area contributed by atoms with E-state index in [2.05, 4.69) is 5.10 Å². The number of hydrogen-bond acceptors (Lipinski definition) is 4. The van der Waals surface area contributed by atoms with Crippen molar-refractivity contribution in [2.75, 3.05) is 6.54 Å². The first-order valence-corrected chi connectivity index (χ1v) is 6.15. The maximum atomic E-state index is 11.4. The van der Waals surface area contributed by atoms with E-state index in [0.717, 1.165) is 6.20 Å². The third-order valence-electron chi connectivity index (χ3n) is 2.99. The van der Waals surface area contributed by atoms with Gasteiger partial charge in [-0.3, -0.25) is 14.8 Å². The molecule has 0 aliphatic heterocycles. The van der Waals surface area contributed by atoms with Gasteiger partial charge >= 0.3 is 11.8 Å². The summed E-state index contributed by atoms with van der Waals surface area (Å²) in [4.78, 5) is 22.8. The molecule has 8 nitrogen and oxygen atoms in total. The highest BCUT2D eigenvalue weighted by Crippen LogP contribution is 2.23. The predicted molar refractivity (Wildman–Crippen MR) is 72.7 cm³/mol. The molecule has 1 aromatic heterocycles. The van der Waals surface area contributed by atoms with Crippen LogP contribution in [0.15, 0.2) is 12.4 Å². The van der Waals surface area contributed by atoms with Crippen LogP contribution in [0.2, 0.25) is 0 Å². The van der Waals surface area contributed by atoms with Gasteiger partial charge in [0.25, 0.3) is 0 Å². The molecule has 8 heteroatoms. The molecule has 0 radical (unpaired) electrons. The highest BCUT2D eigenvalue weighted by molar-refractivity contribution is 5.66. The molecule has 0 fully saturated rings. The van der Waals surface area contributed by atoms with Gasteiger partial charge < -0.3 is 10.0 Å². The molecule has 1 N–H and O–H groups in total. The number of carbonyl (C=O) groups is 1. The van der Waals surface area contributed by atoms with Crippen molar-refractivity contribution in [3.63, 3.8) is 0 Å². The summed E-state index contributed by atoms with van der Waals surface area (Å²) in [6.45, 7) is 9.12. The largest absolute Gasteiger partial charge is 0.465 e. The van der Waals surface area contributed by atoms with Crippen molar-refractivity contribution in [1.29, 1.82) is 0 Å². The van der Waals surface area contributed by atoms with Crippen LogP contribution in [0.4, 0.5) is 10.5 Å². The van der Waals surface area contributed by atoms with Crippen LogP contribution in [0.25, 0.3) is 0 Å². The third kappa shape index (κ3) is 3.46. The Morgan fingerprint density at radius 2 is 2.00 bits per heavy atom. The Labute approximate surface area is 117 Å². The standard InChI is InChI=1S/C12H20N4O4/c1-11(2,3)14(10(17)18)8-12(4,5)15-7-9(6-13-15)16(19)20/h6-7H,8H2,1-5H3,(H,17,18). The van der Waals surface area contributed by atoms with E-state index < -0.39 is 22.1 Å². The number of rotatable bonds is 4. The minimum atomic E-state index is -1.03. The molecule has 0 spiro atoms. The van der Waals surface area contributed by atoms with Gasteiger partial charge in [0.05, 0.1) is 10.5 Å². The summed E-state index contributed by atoms with van der Waals surface area (Å²) in [5, 5.41) is 23.9. The topological polar surface area (TPSA) is 102 Å². The van der Waals surface area contributed by atoms with E-state index in [1.807, 2.05) is 0 Å². The monoisotopic (exact) mass is 284 g/mol. The molecule has 1 rings (SSSR count). The fourth-order valence-corrected chi connectivity index (χ4v) is 1.79. The molecular formula is C12H20N4O4. The molecule has 1 heterocycles. The van der Waals surface area contributed by atoms with Gasteiger partial charge in [-0.25, -0.2) is 4.79 Å². The van der Waals surface area contributed by atoms with Crippen molar-refractivity contribution in [3.8, 4) is 0 Å². The summed E-state index contributed by atoms with van der Waals surface area (Å²) in [5.74, 6) is 0. The molecule has 0 atom stereocenters. The van der Waals surface area contributed by atoms with E-state index in [4.69, 9.17) is 0 Å². The Bertz CT molecular complexity index is 516. The molecule has 112 valence electrons. The molecule has 0 aromatic carbocycles. The number of aromatic nitrogens is 2. The van der Waals surface area contributed by atoms with E-state index in [9.17, 15) is 20.0 Å². The van der Waals surface area contributed by atoms with Gasteiger partial charge in [-0.05, 0) is 34.6 Å². The van der Waals surface area contributed by atoms with Crippen LogP contribution in [-0.4, -0.2) is 42.9 Å². The lowest BCUT2D eigenvalue weighted by atomic mass is 10.00. The summed E-state index contributed by atoms with van der Waals surface area (Å²) >= 11 is 0. The van der Waals surface area contributed by atoms with Crippen LogP contribution in [0.3, 0.4) is 0 Å². The highest BCUT2D eigenvalue weighted by Gasteiger charge is 2.34. The van der Waals surface area contributed by atoms with Crippen molar-refractivity contribution < 1.29 is 14.8 Å². The van der Waals surface area contributed by atoms with Crippen LogP contribution in [0.1, 0.15) is 34.6 Å². The minimum Gasteiger partial charge on any atom is -0.465 e. The Morgan fingerprint density at radius 1 is 1.45 bits per heavy atom. The van der Waals surface area contributed by atoms with Gasteiger partial charge in [0.1, 0.15) is 12.4 Å². The molecule has 1 amide bonds. The molecule has 0 saturated carbocycles. The maximum absolute atomic E-state index is 11.4. The quantitative estimate of drug-likeness (QED) is 0.675. The minimum absolute atomic E-state index is 0.115. The van der Waals surface area contributed by atoms with Crippen molar-refractivity contribution >= 4 is 11.8 Å². The van der Waals surface area contributed by atoms with E-state index in [0.29, 0.717) is 0 Å². The normalized spacial score (nSPS) is 12.2. The van der Waals surface area contributed by atoms with Crippen LogP contribution in [0.5, 0.6) is 0 Å². The van der Waals surface area contributed by atoms with Crippen LogP contribution in [-0.2, 0) is 5.54 Å². The lowest BCUT2D eigenvalue weighted by molar-refractivity contribution is -0.385. The first-order chi connectivity index (χ1) is 8.95.